The second-order valence-electron chi connectivity index (χ2n) is 6.91. The van der Waals surface area contributed by atoms with Crippen LogP contribution in [0, 0.1) is 11.8 Å². The topological polar surface area (TPSA) is 44.9 Å². The first-order chi connectivity index (χ1) is 9.65. The van der Waals surface area contributed by atoms with Crippen LogP contribution in [-0.2, 0) is 0 Å². The zero-order valence-corrected chi connectivity index (χ0v) is 13.4. The summed E-state index contributed by atoms with van der Waals surface area (Å²) in [6.45, 7) is 11.4. The Labute approximate surface area is 124 Å². The summed E-state index contributed by atoms with van der Waals surface area (Å²) in [7, 11) is 0. The fourth-order valence-corrected chi connectivity index (χ4v) is 3.37. The van der Waals surface area contributed by atoms with Crippen LogP contribution >= 0.6 is 0 Å². The van der Waals surface area contributed by atoms with Gasteiger partial charge in [0.05, 0.1) is 0 Å². The highest BCUT2D eigenvalue weighted by atomic mass is 15.3. The van der Waals surface area contributed by atoms with Gasteiger partial charge in [0.1, 0.15) is 0 Å². The van der Waals surface area contributed by atoms with E-state index in [0.717, 1.165) is 31.5 Å². The van der Waals surface area contributed by atoms with E-state index >= 15 is 0 Å². The molecule has 0 aliphatic carbocycles. The van der Waals surface area contributed by atoms with Gasteiger partial charge in [-0.15, -0.1) is 0 Å². The van der Waals surface area contributed by atoms with Crippen LogP contribution in [0.4, 0.5) is 0 Å². The first kappa shape index (κ1) is 15.6. The van der Waals surface area contributed by atoms with Gasteiger partial charge in [-0.1, -0.05) is 26.7 Å². The van der Waals surface area contributed by atoms with Crippen molar-refractivity contribution in [2.45, 2.75) is 46.0 Å². The molecule has 2 rings (SSSR count). The first-order valence-corrected chi connectivity index (χ1v) is 8.42. The molecule has 2 N–H and O–H groups in total. The lowest BCUT2D eigenvalue weighted by Gasteiger charge is -2.21. The SMILES string of the molecule is CC(C)CN1CCC(CN=C(N)N2CCCCCC2)C1. The molecular weight excluding hydrogens is 248 g/mol. The summed E-state index contributed by atoms with van der Waals surface area (Å²) in [6.07, 6.45) is 6.50. The van der Waals surface area contributed by atoms with Crippen LogP contribution in [0.5, 0.6) is 0 Å². The third-order valence-corrected chi connectivity index (χ3v) is 4.43. The Morgan fingerprint density at radius 1 is 1.15 bits per heavy atom. The molecule has 0 amide bonds. The van der Waals surface area contributed by atoms with Crippen LogP contribution in [0.25, 0.3) is 0 Å². The largest absolute Gasteiger partial charge is 0.370 e. The lowest BCUT2D eigenvalue weighted by atomic mass is 10.1. The molecule has 0 aromatic carbocycles. The third-order valence-electron chi connectivity index (χ3n) is 4.43. The van der Waals surface area contributed by atoms with Crippen LogP contribution in [0.1, 0.15) is 46.0 Å². The highest BCUT2D eigenvalue weighted by molar-refractivity contribution is 5.78. The number of guanidine groups is 1. The molecule has 0 bridgehead atoms. The standard InChI is InChI=1S/C16H32N4/c1-14(2)12-19-10-7-15(13-19)11-18-16(17)20-8-5-3-4-6-9-20/h14-15H,3-13H2,1-2H3,(H2,17,18). The van der Waals surface area contributed by atoms with Crippen molar-refractivity contribution in [1.29, 1.82) is 0 Å². The van der Waals surface area contributed by atoms with Crippen molar-refractivity contribution in [2.75, 3.05) is 39.3 Å². The molecule has 2 aliphatic heterocycles. The van der Waals surface area contributed by atoms with Crippen LogP contribution in [-0.4, -0.2) is 55.0 Å². The monoisotopic (exact) mass is 280 g/mol. The first-order valence-electron chi connectivity index (χ1n) is 8.42. The normalized spacial score (nSPS) is 26.2. The van der Waals surface area contributed by atoms with Gasteiger partial charge >= 0.3 is 0 Å². The van der Waals surface area contributed by atoms with Crippen molar-refractivity contribution in [3.05, 3.63) is 0 Å². The van der Waals surface area contributed by atoms with Crippen molar-refractivity contribution in [2.24, 2.45) is 22.6 Å². The van der Waals surface area contributed by atoms with Crippen molar-refractivity contribution in [3.63, 3.8) is 0 Å². The number of likely N-dealkylation sites (tertiary alicyclic amines) is 2. The average Bonchev–Trinajstić information content (AvgIpc) is 2.67. The zero-order valence-electron chi connectivity index (χ0n) is 13.4. The van der Waals surface area contributed by atoms with Crippen molar-refractivity contribution >= 4 is 5.96 Å². The number of hydrogen-bond acceptors (Lipinski definition) is 2. The molecule has 2 heterocycles. The minimum Gasteiger partial charge on any atom is -0.370 e. The fraction of sp³-hybridized carbons (Fsp3) is 0.938. The van der Waals surface area contributed by atoms with E-state index < -0.39 is 0 Å². The highest BCUT2D eigenvalue weighted by Crippen LogP contribution is 2.18. The zero-order chi connectivity index (χ0) is 14.4. The number of nitrogens with zero attached hydrogens (tertiary/aromatic N) is 3. The van der Waals surface area contributed by atoms with Gasteiger partial charge in [-0.3, -0.25) is 4.99 Å². The predicted molar refractivity (Wildman–Crippen MR) is 85.9 cm³/mol. The second-order valence-corrected chi connectivity index (χ2v) is 6.91. The van der Waals surface area contributed by atoms with E-state index in [0.29, 0.717) is 5.92 Å². The maximum Gasteiger partial charge on any atom is 0.191 e. The van der Waals surface area contributed by atoms with Crippen LogP contribution in [0.3, 0.4) is 0 Å². The van der Waals surface area contributed by atoms with E-state index in [-0.39, 0.29) is 0 Å². The molecule has 4 nitrogen and oxygen atoms in total. The Balaban J connectivity index is 1.74. The molecule has 0 radical (unpaired) electrons. The maximum atomic E-state index is 6.17. The summed E-state index contributed by atoms with van der Waals surface area (Å²) in [4.78, 5) is 9.54. The second kappa shape index (κ2) is 7.87. The Bertz CT molecular complexity index is 306. The molecule has 0 saturated carbocycles. The molecule has 20 heavy (non-hydrogen) atoms. The van der Waals surface area contributed by atoms with Gasteiger partial charge in [0.15, 0.2) is 5.96 Å². The van der Waals surface area contributed by atoms with Crippen molar-refractivity contribution < 1.29 is 0 Å². The van der Waals surface area contributed by atoms with Gasteiger partial charge in [-0.05, 0) is 37.6 Å². The number of rotatable bonds is 4. The van der Waals surface area contributed by atoms with Gasteiger partial charge in [-0.2, -0.15) is 0 Å². The molecule has 116 valence electrons. The van der Waals surface area contributed by atoms with Gasteiger partial charge in [0, 0.05) is 32.7 Å². The summed E-state index contributed by atoms with van der Waals surface area (Å²) in [5.74, 6) is 2.26. The Morgan fingerprint density at radius 3 is 2.50 bits per heavy atom. The summed E-state index contributed by atoms with van der Waals surface area (Å²) >= 11 is 0. The van der Waals surface area contributed by atoms with Crippen LogP contribution < -0.4 is 5.73 Å². The molecular formula is C16H32N4. The Hall–Kier alpha value is -0.770. The smallest absolute Gasteiger partial charge is 0.191 e. The minimum atomic E-state index is 0.708. The van der Waals surface area contributed by atoms with Gasteiger partial charge < -0.3 is 15.5 Å². The van der Waals surface area contributed by atoms with E-state index in [4.69, 9.17) is 5.73 Å². The summed E-state index contributed by atoms with van der Waals surface area (Å²) in [6, 6.07) is 0. The molecule has 1 unspecified atom stereocenters. The molecule has 0 spiro atoms. The lowest BCUT2D eigenvalue weighted by molar-refractivity contribution is 0.288. The third kappa shape index (κ3) is 4.97. The average molecular weight is 280 g/mol. The van der Waals surface area contributed by atoms with Gasteiger partial charge in [0.25, 0.3) is 0 Å². The molecule has 2 aliphatic rings. The lowest BCUT2D eigenvalue weighted by Crippen LogP contribution is -2.38. The van der Waals surface area contributed by atoms with Crippen LogP contribution in [0.15, 0.2) is 4.99 Å². The quantitative estimate of drug-likeness (QED) is 0.634. The molecule has 2 saturated heterocycles. The fourth-order valence-electron chi connectivity index (χ4n) is 3.37. The van der Waals surface area contributed by atoms with E-state index in [1.54, 1.807) is 0 Å². The number of hydrogen-bond donors (Lipinski definition) is 1. The highest BCUT2D eigenvalue weighted by Gasteiger charge is 2.22. The molecule has 0 aromatic heterocycles. The summed E-state index contributed by atoms with van der Waals surface area (Å²) in [5.41, 5.74) is 6.17. The van der Waals surface area contributed by atoms with Gasteiger partial charge in [0.2, 0.25) is 0 Å². The Morgan fingerprint density at radius 2 is 1.85 bits per heavy atom. The molecule has 0 aromatic rings. The summed E-state index contributed by atoms with van der Waals surface area (Å²) < 4.78 is 0. The molecule has 1 atom stereocenters. The predicted octanol–water partition coefficient (Wildman–Crippen LogP) is 2.16. The minimum absolute atomic E-state index is 0.708. The molecule has 4 heteroatoms. The van der Waals surface area contributed by atoms with E-state index in [9.17, 15) is 0 Å². The Kier molecular flexibility index (Phi) is 6.14. The molecule has 2 fully saturated rings. The maximum absolute atomic E-state index is 6.17. The van der Waals surface area contributed by atoms with Crippen molar-refractivity contribution in [1.82, 2.24) is 9.80 Å². The van der Waals surface area contributed by atoms with Crippen LogP contribution in [0.2, 0.25) is 0 Å². The van der Waals surface area contributed by atoms with E-state index in [1.165, 1.54) is 51.7 Å². The van der Waals surface area contributed by atoms with E-state index in [2.05, 4.69) is 28.6 Å². The summed E-state index contributed by atoms with van der Waals surface area (Å²) in [5, 5.41) is 0. The number of nitrogens with two attached hydrogens (primary N) is 1. The van der Waals surface area contributed by atoms with Crippen molar-refractivity contribution in [3.8, 4) is 0 Å². The van der Waals surface area contributed by atoms with Gasteiger partial charge in [-0.25, -0.2) is 0 Å². The number of aliphatic imine (C=N–C) groups is 1. The van der Waals surface area contributed by atoms with E-state index in [1.807, 2.05) is 0 Å².